The molecule has 1 fully saturated rings. The fourth-order valence-electron chi connectivity index (χ4n) is 3.79. The first-order chi connectivity index (χ1) is 13.7. The normalized spacial score (nSPS) is 17.2. The van der Waals surface area contributed by atoms with Gasteiger partial charge in [0.2, 0.25) is 0 Å². The highest BCUT2D eigenvalue weighted by atomic mass is 79.9. The van der Waals surface area contributed by atoms with E-state index in [9.17, 15) is 5.11 Å². The third-order valence-corrected chi connectivity index (χ3v) is 5.69. The Labute approximate surface area is 172 Å². The summed E-state index contributed by atoms with van der Waals surface area (Å²) in [7, 11) is 1.96. The van der Waals surface area contributed by atoms with Crippen molar-refractivity contribution >= 4 is 33.2 Å². The number of aromatic nitrogens is 5. The number of hydrogen-bond donors (Lipinski definition) is 2. The lowest BCUT2D eigenvalue weighted by Crippen LogP contribution is -2.40. The standard InChI is InChI=1S/C19H25BrN7O/c1-25-12-14(9-21-13-25)10-22-17-8-18(24-19-16(20)11-23-27(17)19)26-6-3-2-4-15(26)5-7-28/h8-9,11-13,15,22,28H,2-7,10H2,1H3/q+1/t15-/m1/s1. The Bertz CT molecular complexity index is 959. The van der Waals surface area contributed by atoms with Crippen LogP contribution in [0.25, 0.3) is 5.65 Å². The van der Waals surface area contributed by atoms with E-state index in [4.69, 9.17) is 4.98 Å². The van der Waals surface area contributed by atoms with E-state index < -0.39 is 0 Å². The number of aliphatic hydroxyl groups excluding tert-OH is 1. The third-order valence-electron chi connectivity index (χ3n) is 5.13. The molecule has 0 radical (unpaired) electrons. The molecule has 0 aromatic carbocycles. The first-order valence-electron chi connectivity index (χ1n) is 9.60. The van der Waals surface area contributed by atoms with Crippen molar-refractivity contribution < 1.29 is 9.67 Å². The summed E-state index contributed by atoms with van der Waals surface area (Å²) >= 11 is 3.57. The molecule has 3 aromatic heterocycles. The first-order valence-corrected chi connectivity index (χ1v) is 10.4. The minimum atomic E-state index is 0.197. The predicted octanol–water partition coefficient (Wildman–Crippen LogP) is 2.06. The Kier molecular flexibility index (Phi) is 5.72. The monoisotopic (exact) mass is 446 g/mol. The van der Waals surface area contributed by atoms with E-state index in [-0.39, 0.29) is 6.61 Å². The molecule has 0 amide bonds. The molecule has 9 heteroatoms. The number of nitrogens with zero attached hydrogens (tertiary/aromatic N) is 6. The van der Waals surface area contributed by atoms with Gasteiger partial charge in [-0.2, -0.15) is 9.61 Å². The summed E-state index contributed by atoms with van der Waals surface area (Å²) < 4.78 is 4.61. The predicted molar refractivity (Wildman–Crippen MR) is 110 cm³/mol. The highest BCUT2D eigenvalue weighted by Gasteiger charge is 2.24. The van der Waals surface area contributed by atoms with E-state index in [0.29, 0.717) is 12.6 Å². The van der Waals surface area contributed by atoms with Crippen molar-refractivity contribution in [1.82, 2.24) is 19.6 Å². The third kappa shape index (κ3) is 3.95. The van der Waals surface area contributed by atoms with Crippen LogP contribution in [0.5, 0.6) is 0 Å². The fraction of sp³-hybridized carbons (Fsp3) is 0.474. The van der Waals surface area contributed by atoms with Crippen LogP contribution >= 0.6 is 15.9 Å². The molecule has 8 nitrogen and oxygen atoms in total. The Morgan fingerprint density at radius 2 is 2.25 bits per heavy atom. The van der Waals surface area contributed by atoms with Crippen LogP contribution in [0, 0.1) is 0 Å². The minimum absolute atomic E-state index is 0.197. The molecule has 0 bridgehead atoms. The topological polar surface area (TPSA) is 82.5 Å². The second-order valence-corrected chi connectivity index (χ2v) is 8.05. The largest absolute Gasteiger partial charge is 0.396 e. The maximum absolute atomic E-state index is 9.46. The Morgan fingerprint density at radius 3 is 3.07 bits per heavy atom. The summed E-state index contributed by atoms with van der Waals surface area (Å²) in [5, 5.41) is 17.4. The van der Waals surface area contributed by atoms with Crippen LogP contribution in [0.1, 0.15) is 31.2 Å². The van der Waals surface area contributed by atoms with Gasteiger partial charge in [-0.05, 0) is 41.6 Å². The summed E-state index contributed by atoms with van der Waals surface area (Å²) in [5.74, 6) is 1.80. The molecule has 1 aliphatic rings. The zero-order chi connectivity index (χ0) is 19.5. The van der Waals surface area contributed by atoms with Crippen molar-refractivity contribution in [1.29, 1.82) is 0 Å². The summed E-state index contributed by atoms with van der Waals surface area (Å²) in [6.45, 7) is 1.79. The maximum atomic E-state index is 9.46. The van der Waals surface area contributed by atoms with Gasteiger partial charge >= 0.3 is 0 Å². The lowest BCUT2D eigenvalue weighted by atomic mass is 9.99. The summed E-state index contributed by atoms with van der Waals surface area (Å²) in [6.07, 6.45) is 11.6. The van der Waals surface area contributed by atoms with Gasteiger partial charge in [0.05, 0.1) is 29.5 Å². The quantitative estimate of drug-likeness (QED) is 0.563. The number of aliphatic hydroxyl groups is 1. The zero-order valence-electron chi connectivity index (χ0n) is 15.9. The van der Waals surface area contributed by atoms with Crippen molar-refractivity contribution in [2.75, 3.05) is 23.4 Å². The number of hydrogen-bond acceptors (Lipinski definition) is 6. The molecule has 1 saturated heterocycles. The number of fused-ring (bicyclic) bond motifs is 1. The molecular formula is C19H25BrN7O+. The molecule has 0 spiro atoms. The van der Waals surface area contributed by atoms with Crippen LogP contribution in [0.2, 0.25) is 0 Å². The summed E-state index contributed by atoms with van der Waals surface area (Å²) in [4.78, 5) is 11.4. The smallest absolute Gasteiger partial charge is 0.285 e. The Balaban J connectivity index is 1.67. The Hall–Kier alpha value is -2.26. The molecule has 3 aromatic rings. The van der Waals surface area contributed by atoms with Crippen molar-refractivity contribution in [3.63, 3.8) is 0 Å². The second kappa shape index (κ2) is 8.40. The number of rotatable bonds is 6. The van der Waals surface area contributed by atoms with E-state index in [2.05, 4.69) is 42.3 Å². The molecule has 1 atom stereocenters. The van der Waals surface area contributed by atoms with Gasteiger partial charge in [-0.25, -0.2) is 9.55 Å². The van der Waals surface area contributed by atoms with Crippen LogP contribution in [0.15, 0.2) is 35.5 Å². The molecule has 1 aliphatic heterocycles. The summed E-state index contributed by atoms with van der Waals surface area (Å²) in [6, 6.07) is 2.37. The van der Waals surface area contributed by atoms with E-state index in [0.717, 1.165) is 53.1 Å². The highest BCUT2D eigenvalue weighted by Crippen LogP contribution is 2.29. The lowest BCUT2D eigenvalue weighted by Gasteiger charge is -2.36. The van der Waals surface area contributed by atoms with E-state index in [1.165, 1.54) is 6.42 Å². The van der Waals surface area contributed by atoms with Gasteiger partial charge < -0.3 is 15.3 Å². The number of nitrogens with one attached hydrogen (secondary N) is 1. The number of aryl methyl sites for hydroxylation is 1. The number of anilines is 2. The van der Waals surface area contributed by atoms with Crippen molar-refractivity contribution in [2.24, 2.45) is 7.05 Å². The van der Waals surface area contributed by atoms with Crippen LogP contribution < -0.4 is 14.8 Å². The van der Waals surface area contributed by atoms with Gasteiger partial charge in [0.25, 0.3) is 6.33 Å². The van der Waals surface area contributed by atoms with Crippen molar-refractivity contribution in [3.8, 4) is 0 Å². The zero-order valence-corrected chi connectivity index (χ0v) is 17.5. The molecule has 28 heavy (non-hydrogen) atoms. The molecule has 148 valence electrons. The SMILES string of the molecule is C[n+]1cncc(CNc2cc(N3CCCC[C@@H]3CCO)nc3c(Br)cnn23)c1. The maximum Gasteiger partial charge on any atom is 0.285 e. The first kappa shape index (κ1) is 19.1. The molecule has 4 rings (SSSR count). The van der Waals surface area contributed by atoms with Gasteiger partial charge in [0.15, 0.2) is 5.65 Å². The van der Waals surface area contributed by atoms with E-state index in [1.54, 1.807) is 12.5 Å². The lowest BCUT2D eigenvalue weighted by molar-refractivity contribution is -0.675. The van der Waals surface area contributed by atoms with Crippen LogP contribution in [-0.2, 0) is 13.6 Å². The summed E-state index contributed by atoms with van der Waals surface area (Å²) in [5.41, 5.74) is 1.86. The highest BCUT2D eigenvalue weighted by molar-refractivity contribution is 9.10. The number of halogens is 1. The molecular weight excluding hydrogens is 422 g/mol. The van der Waals surface area contributed by atoms with E-state index in [1.807, 2.05) is 28.5 Å². The van der Waals surface area contributed by atoms with Crippen LogP contribution in [-0.4, -0.2) is 43.9 Å². The molecule has 0 aliphatic carbocycles. The molecule has 2 N–H and O–H groups in total. The number of piperidine rings is 1. The fourth-order valence-corrected chi connectivity index (χ4v) is 4.14. The average Bonchev–Trinajstić information content (AvgIpc) is 3.08. The second-order valence-electron chi connectivity index (χ2n) is 7.20. The van der Waals surface area contributed by atoms with Gasteiger partial charge in [0.1, 0.15) is 17.8 Å². The van der Waals surface area contributed by atoms with Gasteiger partial charge in [0, 0.05) is 31.8 Å². The van der Waals surface area contributed by atoms with E-state index >= 15 is 0 Å². The van der Waals surface area contributed by atoms with Gasteiger partial charge in [-0.15, -0.1) is 0 Å². The van der Waals surface area contributed by atoms with Crippen LogP contribution in [0.4, 0.5) is 11.6 Å². The Morgan fingerprint density at radius 1 is 1.36 bits per heavy atom. The van der Waals surface area contributed by atoms with Crippen molar-refractivity contribution in [3.05, 3.63) is 41.0 Å². The molecule has 4 heterocycles. The van der Waals surface area contributed by atoms with Gasteiger partial charge in [-0.1, -0.05) is 4.98 Å². The molecule has 0 saturated carbocycles. The van der Waals surface area contributed by atoms with Crippen LogP contribution in [0.3, 0.4) is 0 Å². The molecule has 0 unspecified atom stereocenters. The minimum Gasteiger partial charge on any atom is -0.396 e. The van der Waals surface area contributed by atoms with Gasteiger partial charge in [-0.3, -0.25) is 0 Å². The average molecular weight is 447 g/mol. The van der Waals surface area contributed by atoms with Crippen molar-refractivity contribution in [2.45, 2.75) is 38.3 Å².